The third-order valence-corrected chi connectivity index (χ3v) is 5.06. The highest BCUT2D eigenvalue weighted by Gasteiger charge is 2.27. The molecule has 0 amide bonds. The van der Waals surface area contributed by atoms with E-state index in [1.54, 1.807) is 24.3 Å². The molecule has 0 radical (unpaired) electrons. The molecule has 1 aromatic rings. The highest BCUT2D eigenvalue weighted by Crippen LogP contribution is 2.29. The van der Waals surface area contributed by atoms with E-state index < -0.39 is 0 Å². The number of carbonyl (C=O) groups excluding carboxylic acids is 3. The maximum Gasteiger partial charge on any atom is 0.330 e. The standard InChI is InChI=1S/C23H30O6.CH4O/c1-2-22(25)28-16-6-4-3-5-15-27-20-11-13-21(14-12-20)29-23(26)19-9-7-18(17-24)8-10-19;1-2/h2,11-14,17-19H,1,3-10,15-16H2;2H,1H3. The minimum absolute atomic E-state index is 0.0882. The van der Waals surface area contributed by atoms with E-state index in [1.807, 2.05) is 0 Å². The fraction of sp³-hybridized carbons (Fsp3) is 0.542. The van der Waals surface area contributed by atoms with Crippen LogP contribution >= 0.6 is 0 Å². The highest BCUT2D eigenvalue weighted by atomic mass is 16.5. The second kappa shape index (κ2) is 16.1. The van der Waals surface area contributed by atoms with Crippen molar-refractivity contribution < 1.29 is 33.7 Å². The average Bonchev–Trinajstić information content (AvgIpc) is 2.82. The molecule has 0 aromatic heterocycles. The van der Waals surface area contributed by atoms with Crippen LogP contribution < -0.4 is 9.47 Å². The van der Waals surface area contributed by atoms with Crippen LogP contribution in [0.15, 0.2) is 36.9 Å². The van der Waals surface area contributed by atoms with Crippen molar-refractivity contribution in [3.8, 4) is 11.5 Å². The topological polar surface area (TPSA) is 99.1 Å². The van der Waals surface area contributed by atoms with Gasteiger partial charge in [0.2, 0.25) is 0 Å². The molecular formula is C24H34O7. The summed E-state index contributed by atoms with van der Waals surface area (Å²) >= 11 is 0. The lowest BCUT2D eigenvalue weighted by Crippen LogP contribution is -2.26. The maximum absolute atomic E-state index is 12.2. The summed E-state index contributed by atoms with van der Waals surface area (Å²) in [6.45, 7) is 4.37. The summed E-state index contributed by atoms with van der Waals surface area (Å²) in [5.74, 6) is 0.604. The molecule has 0 atom stereocenters. The Kier molecular flexibility index (Phi) is 13.7. The maximum atomic E-state index is 12.2. The highest BCUT2D eigenvalue weighted by molar-refractivity contribution is 5.81. The fourth-order valence-corrected chi connectivity index (χ4v) is 3.27. The molecule has 2 rings (SSSR count). The largest absolute Gasteiger partial charge is 0.494 e. The van der Waals surface area contributed by atoms with Crippen LogP contribution in [0.2, 0.25) is 0 Å². The number of hydrogen-bond donors (Lipinski definition) is 1. The Morgan fingerprint density at radius 2 is 1.55 bits per heavy atom. The van der Waals surface area contributed by atoms with Gasteiger partial charge in [-0.25, -0.2) is 4.79 Å². The third kappa shape index (κ3) is 10.8. The summed E-state index contributed by atoms with van der Waals surface area (Å²) < 4.78 is 16.1. The Morgan fingerprint density at radius 3 is 2.13 bits per heavy atom. The Bertz CT molecular complexity index is 661. The number of esters is 2. The molecule has 7 nitrogen and oxygen atoms in total. The first-order valence-electron chi connectivity index (χ1n) is 10.8. The monoisotopic (exact) mass is 434 g/mol. The molecule has 0 aliphatic heterocycles. The van der Waals surface area contributed by atoms with Gasteiger partial charge in [0.15, 0.2) is 0 Å². The molecule has 1 aliphatic carbocycles. The van der Waals surface area contributed by atoms with Crippen molar-refractivity contribution >= 4 is 18.2 Å². The number of unbranched alkanes of at least 4 members (excludes halogenated alkanes) is 3. The van der Waals surface area contributed by atoms with E-state index in [-0.39, 0.29) is 23.8 Å². The summed E-state index contributed by atoms with van der Waals surface area (Å²) in [7, 11) is 1.00. The SMILES string of the molecule is C=CC(=O)OCCCCCCOc1ccc(OC(=O)C2CCC(C=O)CC2)cc1.CO. The van der Waals surface area contributed by atoms with Crippen LogP contribution in [-0.4, -0.2) is 43.7 Å². The number of hydrogen-bond acceptors (Lipinski definition) is 7. The molecule has 1 N–H and O–H groups in total. The van der Waals surface area contributed by atoms with E-state index in [4.69, 9.17) is 19.3 Å². The second-order valence-electron chi connectivity index (χ2n) is 7.27. The molecular weight excluding hydrogens is 400 g/mol. The van der Waals surface area contributed by atoms with Gasteiger partial charge in [0.25, 0.3) is 0 Å². The van der Waals surface area contributed by atoms with Gasteiger partial charge in [0.1, 0.15) is 17.8 Å². The number of aliphatic hydroxyl groups excluding tert-OH is 1. The van der Waals surface area contributed by atoms with E-state index in [0.29, 0.717) is 31.8 Å². The normalized spacial score (nSPS) is 17.5. The van der Waals surface area contributed by atoms with Crippen molar-refractivity contribution in [2.75, 3.05) is 20.3 Å². The van der Waals surface area contributed by atoms with E-state index in [0.717, 1.165) is 57.7 Å². The summed E-state index contributed by atoms with van der Waals surface area (Å²) in [5.41, 5.74) is 0. The molecule has 0 saturated heterocycles. The lowest BCUT2D eigenvalue weighted by atomic mass is 9.83. The summed E-state index contributed by atoms with van der Waals surface area (Å²) in [5, 5.41) is 7.00. The molecule has 172 valence electrons. The Labute approximate surface area is 184 Å². The van der Waals surface area contributed by atoms with Crippen LogP contribution in [0.25, 0.3) is 0 Å². The minimum Gasteiger partial charge on any atom is -0.494 e. The third-order valence-electron chi connectivity index (χ3n) is 5.06. The summed E-state index contributed by atoms with van der Waals surface area (Å²) in [4.78, 5) is 33.9. The van der Waals surface area contributed by atoms with E-state index >= 15 is 0 Å². The van der Waals surface area contributed by atoms with Crippen molar-refractivity contribution in [3.63, 3.8) is 0 Å². The molecule has 0 unspecified atom stereocenters. The Morgan fingerprint density at radius 1 is 0.968 bits per heavy atom. The van der Waals surface area contributed by atoms with Gasteiger partial charge in [0.05, 0.1) is 19.1 Å². The quantitative estimate of drug-likeness (QED) is 0.175. The molecule has 0 bridgehead atoms. The molecule has 1 fully saturated rings. The van der Waals surface area contributed by atoms with Gasteiger partial charge in [-0.3, -0.25) is 4.79 Å². The van der Waals surface area contributed by atoms with E-state index in [2.05, 4.69) is 6.58 Å². The Hall–Kier alpha value is -2.67. The molecule has 31 heavy (non-hydrogen) atoms. The van der Waals surface area contributed by atoms with Crippen LogP contribution in [0, 0.1) is 11.8 Å². The second-order valence-corrected chi connectivity index (χ2v) is 7.27. The van der Waals surface area contributed by atoms with Gasteiger partial charge in [-0.05, 0) is 75.6 Å². The van der Waals surface area contributed by atoms with Crippen LogP contribution in [0.1, 0.15) is 51.4 Å². The van der Waals surface area contributed by atoms with Crippen molar-refractivity contribution in [1.29, 1.82) is 0 Å². The van der Waals surface area contributed by atoms with Crippen LogP contribution in [0.3, 0.4) is 0 Å². The van der Waals surface area contributed by atoms with Crippen LogP contribution in [0.4, 0.5) is 0 Å². The van der Waals surface area contributed by atoms with Gasteiger partial charge < -0.3 is 24.1 Å². The lowest BCUT2D eigenvalue weighted by Gasteiger charge is -2.23. The van der Waals surface area contributed by atoms with Gasteiger partial charge in [-0.2, -0.15) is 0 Å². The predicted molar refractivity (Wildman–Crippen MR) is 117 cm³/mol. The minimum atomic E-state index is -0.382. The molecule has 1 aromatic carbocycles. The fourth-order valence-electron chi connectivity index (χ4n) is 3.27. The first kappa shape index (κ1) is 26.4. The number of rotatable bonds is 12. The zero-order valence-electron chi connectivity index (χ0n) is 18.3. The predicted octanol–water partition coefficient (Wildman–Crippen LogP) is 3.87. The van der Waals surface area contributed by atoms with Crippen LogP contribution in [-0.2, 0) is 19.1 Å². The van der Waals surface area contributed by atoms with Crippen molar-refractivity contribution in [2.24, 2.45) is 11.8 Å². The molecule has 0 heterocycles. The first-order valence-corrected chi connectivity index (χ1v) is 10.8. The smallest absolute Gasteiger partial charge is 0.330 e. The summed E-state index contributed by atoms with van der Waals surface area (Å²) in [6.07, 6.45) is 8.80. The Balaban J connectivity index is 0.00000233. The number of benzene rings is 1. The molecule has 7 heteroatoms. The van der Waals surface area contributed by atoms with Gasteiger partial charge in [-0.15, -0.1) is 0 Å². The number of ether oxygens (including phenoxy) is 3. The zero-order valence-corrected chi connectivity index (χ0v) is 18.3. The van der Waals surface area contributed by atoms with Gasteiger partial charge in [-0.1, -0.05) is 6.58 Å². The van der Waals surface area contributed by atoms with Gasteiger partial charge >= 0.3 is 11.9 Å². The van der Waals surface area contributed by atoms with Crippen molar-refractivity contribution in [1.82, 2.24) is 0 Å². The molecule has 1 aliphatic rings. The van der Waals surface area contributed by atoms with Crippen molar-refractivity contribution in [2.45, 2.75) is 51.4 Å². The van der Waals surface area contributed by atoms with Crippen molar-refractivity contribution in [3.05, 3.63) is 36.9 Å². The zero-order chi connectivity index (χ0) is 22.9. The summed E-state index contributed by atoms with van der Waals surface area (Å²) in [6, 6.07) is 7.05. The first-order chi connectivity index (χ1) is 15.1. The van der Waals surface area contributed by atoms with E-state index in [1.165, 1.54) is 6.08 Å². The number of carbonyl (C=O) groups is 3. The molecule has 0 spiro atoms. The van der Waals surface area contributed by atoms with E-state index in [9.17, 15) is 14.4 Å². The van der Waals surface area contributed by atoms with Crippen LogP contribution in [0.5, 0.6) is 11.5 Å². The average molecular weight is 435 g/mol. The number of aldehydes is 1. The molecule has 1 saturated carbocycles. The van der Waals surface area contributed by atoms with Gasteiger partial charge in [0, 0.05) is 19.1 Å². The lowest BCUT2D eigenvalue weighted by molar-refractivity contribution is -0.140. The number of aliphatic hydroxyl groups is 1.